The second kappa shape index (κ2) is 15.7. The molecule has 0 N–H and O–H groups in total. The van der Waals surface area contributed by atoms with Crippen molar-refractivity contribution in [1.82, 2.24) is 4.90 Å². The maximum absolute atomic E-state index is 14.1. The molecule has 40 heavy (non-hydrogen) atoms. The van der Waals surface area contributed by atoms with Crippen LogP contribution >= 0.6 is 0 Å². The minimum Gasteiger partial charge on any atom is -0.493 e. The van der Waals surface area contributed by atoms with Crippen molar-refractivity contribution in [1.29, 1.82) is 0 Å². The number of carbonyl (C=O) groups is 2. The molecule has 216 valence electrons. The number of rotatable bonds is 16. The van der Waals surface area contributed by atoms with Crippen LogP contribution in [0.25, 0.3) is 0 Å². The van der Waals surface area contributed by atoms with E-state index < -0.39 is 5.97 Å². The van der Waals surface area contributed by atoms with E-state index in [-0.39, 0.29) is 36.7 Å². The van der Waals surface area contributed by atoms with Crippen LogP contribution in [-0.4, -0.2) is 83.5 Å². The maximum Gasteiger partial charge on any atom is 0.310 e. The molecule has 9 heteroatoms. The lowest BCUT2D eigenvalue weighted by atomic mass is 9.90. The molecule has 1 fully saturated rings. The lowest BCUT2D eigenvalue weighted by molar-refractivity contribution is -0.139. The first-order valence-corrected chi connectivity index (χ1v) is 13.4. The number of ether oxygens (including phenoxy) is 6. The molecule has 1 aliphatic heterocycles. The summed E-state index contributed by atoms with van der Waals surface area (Å²) in [5, 5.41) is 0. The normalized spacial score (nSPS) is 13.3. The first-order chi connectivity index (χ1) is 19.5. The van der Waals surface area contributed by atoms with Gasteiger partial charge in [0.15, 0.2) is 17.3 Å². The average molecular weight is 554 g/mol. The van der Waals surface area contributed by atoms with E-state index in [1.807, 2.05) is 6.92 Å². The van der Waals surface area contributed by atoms with Gasteiger partial charge in [-0.15, -0.1) is 0 Å². The molecule has 3 rings (SSSR count). The lowest BCUT2D eigenvalue weighted by Crippen LogP contribution is -2.38. The fourth-order valence-electron chi connectivity index (χ4n) is 4.50. The second-order valence-electron chi connectivity index (χ2n) is 9.01. The molecule has 2 aromatic rings. The fraction of sp³-hybridized carbons (Fsp3) is 0.419. The van der Waals surface area contributed by atoms with Crippen LogP contribution in [0.1, 0.15) is 34.0 Å². The van der Waals surface area contributed by atoms with Crippen LogP contribution < -0.4 is 18.9 Å². The Labute approximate surface area is 236 Å². The first kappa shape index (κ1) is 30.7. The minimum atomic E-state index is -0.485. The standard InChI is InChI=1S/C31H39NO8/c1-6-14-38-26-21-28(39-15-7-2)30(24(23(26)8-3)20-29(33)36-5)31(34)22-9-10-25(27(19-22)35-4)40-18-13-32-11-16-37-17-12-32/h6-7,9-10,19,21H,1-2,8,11-18,20H2,3-5H3. The van der Waals surface area contributed by atoms with Crippen molar-refractivity contribution in [2.45, 2.75) is 19.8 Å². The first-order valence-electron chi connectivity index (χ1n) is 13.4. The highest BCUT2D eigenvalue weighted by Crippen LogP contribution is 2.38. The highest BCUT2D eigenvalue weighted by molar-refractivity contribution is 6.13. The Morgan fingerprint density at radius 3 is 2.25 bits per heavy atom. The Morgan fingerprint density at radius 2 is 1.62 bits per heavy atom. The van der Waals surface area contributed by atoms with Crippen LogP contribution in [0.4, 0.5) is 0 Å². The van der Waals surface area contributed by atoms with E-state index >= 15 is 0 Å². The predicted molar refractivity (Wildman–Crippen MR) is 152 cm³/mol. The van der Waals surface area contributed by atoms with Gasteiger partial charge >= 0.3 is 5.97 Å². The number of carbonyl (C=O) groups excluding carboxylic acids is 2. The van der Waals surface area contributed by atoms with Crippen LogP contribution in [0.15, 0.2) is 49.6 Å². The van der Waals surface area contributed by atoms with Crippen LogP contribution in [0.5, 0.6) is 23.0 Å². The molecule has 0 radical (unpaired) electrons. The summed E-state index contributed by atoms with van der Waals surface area (Å²) in [6.07, 6.45) is 3.59. The van der Waals surface area contributed by atoms with Gasteiger partial charge in [-0.25, -0.2) is 0 Å². The van der Waals surface area contributed by atoms with Crippen LogP contribution in [-0.2, 0) is 27.1 Å². The van der Waals surface area contributed by atoms with E-state index in [1.54, 1.807) is 36.4 Å². The highest BCUT2D eigenvalue weighted by Gasteiger charge is 2.27. The van der Waals surface area contributed by atoms with Gasteiger partial charge < -0.3 is 28.4 Å². The summed E-state index contributed by atoms with van der Waals surface area (Å²) in [6.45, 7) is 14.2. The van der Waals surface area contributed by atoms with Crippen LogP contribution in [0.2, 0.25) is 0 Å². The average Bonchev–Trinajstić information content (AvgIpc) is 2.99. The van der Waals surface area contributed by atoms with Gasteiger partial charge in [-0.2, -0.15) is 0 Å². The molecule has 1 aliphatic rings. The van der Waals surface area contributed by atoms with Crippen molar-refractivity contribution < 1.29 is 38.0 Å². The summed E-state index contributed by atoms with van der Waals surface area (Å²) >= 11 is 0. The predicted octanol–water partition coefficient (Wildman–Crippen LogP) is 4.04. The summed E-state index contributed by atoms with van der Waals surface area (Å²) in [5.41, 5.74) is 1.83. The van der Waals surface area contributed by atoms with Gasteiger partial charge in [0.05, 0.1) is 39.4 Å². The number of hydrogen-bond donors (Lipinski definition) is 0. The Hall–Kier alpha value is -3.82. The van der Waals surface area contributed by atoms with Crippen molar-refractivity contribution in [3.8, 4) is 23.0 Å². The quantitative estimate of drug-likeness (QED) is 0.173. The lowest BCUT2D eigenvalue weighted by Gasteiger charge is -2.26. The molecule has 0 saturated carbocycles. The molecule has 1 heterocycles. The van der Waals surface area contributed by atoms with E-state index in [0.717, 1.165) is 38.4 Å². The van der Waals surface area contributed by atoms with E-state index in [0.29, 0.717) is 41.4 Å². The highest BCUT2D eigenvalue weighted by atomic mass is 16.5. The Morgan fingerprint density at radius 1 is 0.925 bits per heavy atom. The maximum atomic E-state index is 14.1. The number of nitrogens with zero attached hydrogens (tertiary/aromatic N) is 1. The van der Waals surface area contributed by atoms with Gasteiger partial charge in [-0.3, -0.25) is 14.5 Å². The Bertz CT molecular complexity index is 1190. The SMILES string of the molecule is C=CCOc1cc(OCC=C)c(C(=O)c2ccc(OCCN3CCOCC3)c(OC)c2)c(CC(=O)OC)c1CC. The van der Waals surface area contributed by atoms with Crippen LogP contribution in [0, 0.1) is 0 Å². The van der Waals surface area contributed by atoms with Crippen molar-refractivity contribution >= 4 is 11.8 Å². The number of benzene rings is 2. The topological polar surface area (TPSA) is 92.8 Å². The molecule has 9 nitrogen and oxygen atoms in total. The molecule has 0 bridgehead atoms. The van der Waals surface area contributed by atoms with Gasteiger partial charge in [0, 0.05) is 31.3 Å². The number of morpholine rings is 1. The van der Waals surface area contributed by atoms with E-state index in [2.05, 4.69) is 18.1 Å². The molecule has 1 saturated heterocycles. The molecule has 0 atom stereocenters. The summed E-state index contributed by atoms with van der Waals surface area (Å²) in [5.74, 6) is 0.940. The zero-order valence-corrected chi connectivity index (χ0v) is 23.7. The fourth-order valence-corrected chi connectivity index (χ4v) is 4.50. The van der Waals surface area contributed by atoms with Gasteiger partial charge in [0.2, 0.25) is 0 Å². The van der Waals surface area contributed by atoms with Crippen molar-refractivity contribution in [2.75, 3.05) is 66.9 Å². The zero-order valence-electron chi connectivity index (χ0n) is 23.7. The van der Waals surface area contributed by atoms with E-state index in [4.69, 9.17) is 28.4 Å². The second-order valence-corrected chi connectivity index (χ2v) is 9.01. The summed E-state index contributed by atoms with van der Waals surface area (Å²) < 4.78 is 33.7. The molecule has 0 aromatic heterocycles. The third kappa shape index (κ3) is 7.86. The summed E-state index contributed by atoms with van der Waals surface area (Å²) in [7, 11) is 2.84. The van der Waals surface area contributed by atoms with E-state index in [1.165, 1.54) is 14.2 Å². The number of esters is 1. The molecule has 0 aliphatic carbocycles. The van der Waals surface area contributed by atoms with Gasteiger partial charge in [0.1, 0.15) is 31.3 Å². The summed E-state index contributed by atoms with van der Waals surface area (Å²) in [4.78, 5) is 28.8. The largest absolute Gasteiger partial charge is 0.493 e. The number of hydrogen-bond acceptors (Lipinski definition) is 9. The molecule has 2 aromatic carbocycles. The molecule has 0 amide bonds. The third-order valence-electron chi connectivity index (χ3n) is 6.51. The van der Waals surface area contributed by atoms with Gasteiger partial charge in [-0.05, 0) is 35.7 Å². The third-order valence-corrected chi connectivity index (χ3v) is 6.51. The Kier molecular flexibility index (Phi) is 12.0. The molecular weight excluding hydrogens is 514 g/mol. The molecular formula is C31H39NO8. The van der Waals surface area contributed by atoms with Crippen molar-refractivity contribution in [3.05, 3.63) is 71.8 Å². The molecule has 0 unspecified atom stereocenters. The molecule has 0 spiro atoms. The minimum absolute atomic E-state index is 0.129. The van der Waals surface area contributed by atoms with Crippen molar-refractivity contribution in [2.24, 2.45) is 0 Å². The summed E-state index contributed by atoms with van der Waals surface area (Å²) in [6, 6.07) is 6.72. The number of methoxy groups -OCH3 is 2. The zero-order chi connectivity index (χ0) is 28.9. The Balaban J connectivity index is 2.00. The smallest absolute Gasteiger partial charge is 0.310 e. The van der Waals surface area contributed by atoms with E-state index in [9.17, 15) is 9.59 Å². The van der Waals surface area contributed by atoms with Crippen LogP contribution in [0.3, 0.4) is 0 Å². The monoisotopic (exact) mass is 553 g/mol. The number of ketones is 1. The van der Waals surface area contributed by atoms with Gasteiger partial charge in [-0.1, -0.05) is 32.2 Å². The van der Waals surface area contributed by atoms with Crippen molar-refractivity contribution in [3.63, 3.8) is 0 Å². The van der Waals surface area contributed by atoms with Gasteiger partial charge in [0.25, 0.3) is 0 Å².